The van der Waals surface area contributed by atoms with E-state index in [2.05, 4.69) is 9.26 Å². The number of phosphoric ester groups is 1. The van der Waals surface area contributed by atoms with Crippen molar-refractivity contribution in [2.24, 2.45) is 0 Å². The van der Waals surface area contributed by atoms with Gasteiger partial charge >= 0.3 is 19.8 Å². The zero-order chi connectivity index (χ0) is 27.0. The maximum atomic E-state index is 12.1. The number of carbonyl (C=O) groups excluding carboxylic acids is 2. The summed E-state index contributed by atoms with van der Waals surface area (Å²) in [5, 5.41) is 28.9. The van der Waals surface area contributed by atoms with Crippen molar-refractivity contribution in [3.8, 4) is 0 Å². The van der Waals surface area contributed by atoms with Gasteiger partial charge in [-0.25, -0.2) is 9.36 Å². The monoisotopic (exact) mass is 538 g/mol. The van der Waals surface area contributed by atoms with Crippen LogP contribution in [-0.2, 0) is 28.2 Å². The minimum absolute atomic E-state index is 0.200. The highest BCUT2D eigenvalue weighted by Gasteiger charge is 2.51. The molecule has 0 spiro atoms. The van der Waals surface area contributed by atoms with E-state index < -0.39 is 50.0 Å². The molecule has 5 N–H and O–H groups in total. The van der Waals surface area contributed by atoms with E-state index in [-0.39, 0.29) is 12.8 Å². The molecule has 1 rings (SSSR count). The number of esters is 1. The van der Waals surface area contributed by atoms with Crippen LogP contribution in [0, 0.1) is 0 Å². The van der Waals surface area contributed by atoms with Gasteiger partial charge in [0.05, 0.1) is 6.10 Å². The number of ketones is 1. The van der Waals surface area contributed by atoms with Gasteiger partial charge in [-0.05, 0) is 12.8 Å². The first-order valence-electron chi connectivity index (χ1n) is 13.1. The standard InChI is InChI=1S/C24H43O11P/c25-18(20(28)22-21(29)23(24(30)34-22)35-36(31,32)33)16-14-12-10-8-6-4-2-1-3-5-7-9-11-13-15-17-19(26)27/h18,20,22-23,25,28H,1-17H2,(H,26,27)(H2,31,32,33)/t18?,20-,22+,23?/m0/s1. The molecule has 2 unspecified atom stereocenters. The molecular formula is C24H43O11P. The Labute approximate surface area is 212 Å². The second-order valence-electron chi connectivity index (χ2n) is 9.53. The normalized spacial score (nSPS) is 19.9. The molecule has 0 saturated carbocycles. The molecule has 0 amide bonds. The second kappa shape index (κ2) is 18.0. The highest BCUT2D eigenvalue weighted by atomic mass is 31.2. The van der Waals surface area contributed by atoms with Crippen molar-refractivity contribution in [1.29, 1.82) is 0 Å². The van der Waals surface area contributed by atoms with Gasteiger partial charge in [0.15, 0.2) is 6.10 Å². The Morgan fingerprint density at radius 2 is 1.22 bits per heavy atom. The molecule has 210 valence electrons. The highest BCUT2D eigenvalue weighted by Crippen LogP contribution is 2.40. The maximum Gasteiger partial charge on any atom is 0.470 e. The molecule has 0 aliphatic carbocycles. The van der Waals surface area contributed by atoms with Gasteiger partial charge in [0.25, 0.3) is 0 Å². The van der Waals surface area contributed by atoms with Crippen LogP contribution in [0.3, 0.4) is 0 Å². The number of carboxylic acids is 1. The summed E-state index contributed by atoms with van der Waals surface area (Å²) in [5.74, 6) is -3.14. The number of rotatable bonds is 22. The number of aliphatic hydroxyl groups is 2. The number of hydrogen-bond acceptors (Lipinski definition) is 8. The third kappa shape index (κ3) is 14.4. The molecule has 1 aliphatic heterocycles. The number of ether oxygens (including phenoxy) is 1. The lowest BCUT2D eigenvalue weighted by Crippen LogP contribution is -2.42. The fourth-order valence-corrected chi connectivity index (χ4v) is 4.75. The Hall–Kier alpha value is -1.36. The van der Waals surface area contributed by atoms with Crippen molar-refractivity contribution >= 4 is 25.5 Å². The van der Waals surface area contributed by atoms with Crippen LogP contribution < -0.4 is 0 Å². The van der Waals surface area contributed by atoms with Gasteiger partial charge in [0.1, 0.15) is 6.10 Å². The summed E-state index contributed by atoms with van der Waals surface area (Å²) in [5.41, 5.74) is 0. The molecule has 12 heteroatoms. The SMILES string of the molecule is O=C(O)CCCCCCCCCCCCCCCCCC(O)[C@H](O)[C@H]1OC(=O)C(OP(=O)(O)O)C1=O. The van der Waals surface area contributed by atoms with Crippen molar-refractivity contribution in [2.75, 3.05) is 0 Å². The lowest BCUT2D eigenvalue weighted by atomic mass is 9.98. The largest absolute Gasteiger partial charge is 0.481 e. The highest BCUT2D eigenvalue weighted by molar-refractivity contribution is 7.46. The van der Waals surface area contributed by atoms with Crippen molar-refractivity contribution in [3.05, 3.63) is 0 Å². The van der Waals surface area contributed by atoms with Crippen LogP contribution in [0.4, 0.5) is 0 Å². The van der Waals surface area contributed by atoms with Crippen molar-refractivity contribution in [3.63, 3.8) is 0 Å². The number of Topliss-reactive ketones (excluding diaryl/α,β-unsaturated/α-hetero) is 1. The third-order valence-electron chi connectivity index (χ3n) is 6.33. The zero-order valence-corrected chi connectivity index (χ0v) is 21.9. The van der Waals surface area contributed by atoms with E-state index in [4.69, 9.17) is 14.9 Å². The average Bonchev–Trinajstić information content (AvgIpc) is 3.07. The number of carbonyl (C=O) groups is 3. The quantitative estimate of drug-likeness (QED) is 0.0588. The van der Waals surface area contributed by atoms with Crippen LogP contribution in [0.15, 0.2) is 0 Å². The molecule has 1 heterocycles. The summed E-state index contributed by atoms with van der Waals surface area (Å²) in [6, 6.07) is 0. The summed E-state index contributed by atoms with van der Waals surface area (Å²) in [7, 11) is -5.10. The fraction of sp³-hybridized carbons (Fsp3) is 0.875. The van der Waals surface area contributed by atoms with Crippen LogP contribution in [0.2, 0.25) is 0 Å². The van der Waals surface area contributed by atoms with E-state index in [0.717, 1.165) is 44.9 Å². The molecule has 4 atom stereocenters. The molecule has 36 heavy (non-hydrogen) atoms. The Balaban J connectivity index is 1.98. The number of aliphatic hydroxyl groups excluding tert-OH is 2. The number of cyclic esters (lactones) is 1. The minimum Gasteiger partial charge on any atom is -0.481 e. The van der Waals surface area contributed by atoms with Gasteiger partial charge < -0.3 is 29.8 Å². The summed E-state index contributed by atoms with van der Waals surface area (Å²) < 4.78 is 19.7. The number of hydrogen-bond donors (Lipinski definition) is 5. The fourth-order valence-electron chi connectivity index (χ4n) is 4.28. The number of aliphatic carboxylic acids is 1. The topological polar surface area (TPSA) is 188 Å². The number of phosphoric acid groups is 1. The van der Waals surface area contributed by atoms with Crippen LogP contribution in [0.1, 0.15) is 109 Å². The van der Waals surface area contributed by atoms with Gasteiger partial charge in [-0.1, -0.05) is 89.9 Å². The second-order valence-corrected chi connectivity index (χ2v) is 10.7. The van der Waals surface area contributed by atoms with E-state index in [1.807, 2.05) is 0 Å². The van der Waals surface area contributed by atoms with Gasteiger partial charge in [-0.3, -0.25) is 14.1 Å². The van der Waals surface area contributed by atoms with Crippen LogP contribution in [-0.4, -0.2) is 67.2 Å². The van der Waals surface area contributed by atoms with Crippen molar-refractivity contribution < 1.29 is 53.3 Å². The number of unbranched alkanes of at least 4 members (excludes halogenated alkanes) is 14. The first-order chi connectivity index (χ1) is 17.0. The Kier molecular flexibility index (Phi) is 16.3. The zero-order valence-electron chi connectivity index (χ0n) is 21.0. The lowest BCUT2D eigenvalue weighted by Gasteiger charge is -2.21. The average molecular weight is 539 g/mol. The Morgan fingerprint density at radius 1 is 0.806 bits per heavy atom. The Bertz CT molecular complexity index is 708. The van der Waals surface area contributed by atoms with Crippen molar-refractivity contribution in [2.45, 2.75) is 134 Å². The Morgan fingerprint density at radius 3 is 1.64 bits per heavy atom. The van der Waals surface area contributed by atoms with E-state index in [1.165, 1.54) is 44.9 Å². The first-order valence-corrected chi connectivity index (χ1v) is 14.6. The third-order valence-corrected chi connectivity index (χ3v) is 6.82. The molecule has 1 fully saturated rings. The molecule has 0 aromatic carbocycles. The minimum atomic E-state index is -5.10. The summed E-state index contributed by atoms with van der Waals surface area (Å²) in [6.45, 7) is 0. The molecular weight excluding hydrogens is 495 g/mol. The molecule has 11 nitrogen and oxygen atoms in total. The van der Waals surface area contributed by atoms with E-state index >= 15 is 0 Å². The van der Waals surface area contributed by atoms with Crippen LogP contribution in [0.5, 0.6) is 0 Å². The van der Waals surface area contributed by atoms with E-state index in [0.29, 0.717) is 6.42 Å². The van der Waals surface area contributed by atoms with Gasteiger partial charge in [0.2, 0.25) is 11.9 Å². The van der Waals surface area contributed by atoms with E-state index in [9.17, 15) is 29.2 Å². The predicted octanol–water partition coefficient (Wildman–Crippen LogP) is 3.40. The first kappa shape index (κ1) is 32.7. The molecule has 0 aromatic rings. The van der Waals surface area contributed by atoms with Crippen LogP contribution in [0.25, 0.3) is 0 Å². The molecule has 0 aromatic heterocycles. The lowest BCUT2D eigenvalue weighted by molar-refractivity contribution is -0.154. The van der Waals surface area contributed by atoms with Gasteiger partial charge in [0, 0.05) is 6.42 Å². The predicted molar refractivity (Wildman–Crippen MR) is 130 cm³/mol. The molecule has 1 aliphatic rings. The van der Waals surface area contributed by atoms with E-state index in [1.54, 1.807) is 0 Å². The molecule has 1 saturated heterocycles. The molecule has 0 bridgehead atoms. The maximum absolute atomic E-state index is 12.1. The summed E-state index contributed by atoms with van der Waals surface area (Å²) >= 11 is 0. The summed E-state index contributed by atoms with van der Waals surface area (Å²) in [4.78, 5) is 51.7. The van der Waals surface area contributed by atoms with Gasteiger partial charge in [-0.2, -0.15) is 0 Å². The number of carboxylic acid groups (broad SMARTS) is 1. The molecule has 0 radical (unpaired) electrons. The van der Waals surface area contributed by atoms with Crippen molar-refractivity contribution in [1.82, 2.24) is 0 Å². The van der Waals surface area contributed by atoms with Gasteiger partial charge in [-0.15, -0.1) is 0 Å². The smallest absolute Gasteiger partial charge is 0.470 e. The van der Waals surface area contributed by atoms with Crippen LogP contribution >= 0.6 is 7.82 Å². The summed E-state index contributed by atoms with van der Waals surface area (Å²) in [6.07, 6.45) is 9.69.